The minimum atomic E-state index is -0.441. The van der Waals surface area contributed by atoms with Crippen LogP contribution in [-0.4, -0.2) is 23.4 Å². The van der Waals surface area contributed by atoms with E-state index >= 15 is 0 Å². The summed E-state index contributed by atoms with van der Waals surface area (Å²) in [7, 11) is 0. The van der Waals surface area contributed by atoms with E-state index in [-0.39, 0.29) is 12.4 Å². The van der Waals surface area contributed by atoms with Crippen LogP contribution in [0, 0.1) is 11.3 Å². The van der Waals surface area contributed by atoms with Gasteiger partial charge in [-0.25, -0.2) is 0 Å². The third-order valence-electron chi connectivity index (χ3n) is 2.02. The molecule has 0 spiro atoms. The molecule has 0 aromatic heterocycles. The topological polar surface area (TPSA) is 76.3 Å². The number of aliphatic hydroxyl groups excluding tert-OH is 1. The standard InChI is InChI=1S/C11H14N2O2/c12-8-11(13-5-2-6-14)9-3-1-4-10(15)7-9/h1,3-4,7,11,13-15H,2,5-6H2. The van der Waals surface area contributed by atoms with Gasteiger partial charge in [-0.3, -0.25) is 5.32 Å². The fourth-order valence-electron chi connectivity index (χ4n) is 1.27. The molecule has 80 valence electrons. The number of nitrogens with zero attached hydrogens (tertiary/aromatic N) is 1. The number of benzene rings is 1. The number of nitrogens with one attached hydrogen (secondary N) is 1. The zero-order valence-corrected chi connectivity index (χ0v) is 8.35. The molecule has 0 bridgehead atoms. The molecule has 0 aliphatic carbocycles. The Bertz CT molecular complexity index is 347. The quantitative estimate of drug-likeness (QED) is 0.626. The lowest BCUT2D eigenvalue weighted by Gasteiger charge is -2.11. The van der Waals surface area contributed by atoms with E-state index in [1.54, 1.807) is 24.3 Å². The second-order valence-electron chi connectivity index (χ2n) is 3.19. The highest BCUT2D eigenvalue weighted by molar-refractivity contribution is 5.31. The van der Waals surface area contributed by atoms with Crippen LogP contribution in [0.1, 0.15) is 18.0 Å². The van der Waals surface area contributed by atoms with E-state index in [4.69, 9.17) is 10.4 Å². The molecular weight excluding hydrogens is 192 g/mol. The van der Waals surface area contributed by atoms with E-state index in [1.807, 2.05) is 0 Å². The molecule has 0 saturated carbocycles. The summed E-state index contributed by atoms with van der Waals surface area (Å²) in [5.74, 6) is 0.150. The lowest BCUT2D eigenvalue weighted by Crippen LogP contribution is -2.21. The Morgan fingerprint density at radius 1 is 1.47 bits per heavy atom. The molecule has 0 aliphatic heterocycles. The molecule has 0 fully saturated rings. The predicted octanol–water partition coefficient (Wildman–Crippen LogP) is 0.929. The fraction of sp³-hybridized carbons (Fsp3) is 0.364. The Morgan fingerprint density at radius 2 is 2.27 bits per heavy atom. The Balaban J connectivity index is 2.63. The average molecular weight is 206 g/mol. The van der Waals surface area contributed by atoms with Gasteiger partial charge in [0.2, 0.25) is 0 Å². The Morgan fingerprint density at radius 3 is 2.87 bits per heavy atom. The molecule has 0 heterocycles. The third-order valence-corrected chi connectivity index (χ3v) is 2.02. The first-order chi connectivity index (χ1) is 7.27. The van der Waals surface area contributed by atoms with Crippen molar-refractivity contribution in [2.24, 2.45) is 0 Å². The average Bonchev–Trinajstić information content (AvgIpc) is 2.24. The number of aromatic hydroxyl groups is 1. The molecule has 0 aliphatic rings. The van der Waals surface area contributed by atoms with E-state index in [2.05, 4.69) is 11.4 Å². The van der Waals surface area contributed by atoms with E-state index in [0.29, 0.717) is 13.0 Å². The largest absolute Gasteiger partial charge is 0.508 e. The Hall–Kier alpha value is -1.57. The highest BCUT2D eigenvalue weighted by Crippen LogP contribution is 2.17. The Kier molecular flexibility index (Phi) is 4.61. The smallest absolute Gasteiger partial charge is 0.121 e. The van der Waals surface area contributed by atoms with Gasteiger partial charge in [0.25, 0.3) is 0 Å². The van der Waals surface area contributed by atoms with Gasteiger partial charge in [-0.1, -0.05) is 12.1 Å². The number of hydrogen-bond donors (Lipinski definition) is 3. The molecule has 1 aromatic carbocycles. The molecule has 0 saturated heterocycles. The summed E-state index contributed by atoms with van der Waals surface area (Å²) in [5, 5.41) is 29.8. The highest BCUT2D eigenvalue weighted by Gasteiger charge is 2.09. The first-order valence-electron chi connectivity index (χ1n) is 4.80. The van der Waals surface area contributed by atoms with Crippen molar-refractivity contribution in [1.29, 1.82) is 5.26 Å². The number of phenolic OH excluding ortho intramolecular Hbond substituents is 1. The normalized spacial score (nSPS) is 12.0. The number of rotatable bonds is 5. The fourth-order valence-corrected chi connectivity index (χ4v) is 1.27. The molecule has 0 amide bonds. The van der Waals surface area contributed by atoms with Crippen LogP contribution in [-0.2, 0) is 0 Å². The van der Waals surface area contributed by atoms with Crippen molar-refractivity contribution in [3.63, 3.8) is 0 Å². The number of aliphatic hydroxyl groups is 1. The number of phenols is 1. The summed E-state index contributed by atoms with van der Waals surface area (Å²) in [6, 6.07) is 8.25. The van der Waals surface area contributed by atoms with Crippen molar-refractivity contribution in [3.05, 3.63) is 29.8 Å². The monoisotopic (exact) mass is 206 g/mol. The molecule has 0 radical (unpaired) electrons. The van der Waals surface area contributed by atoms with Crippen LogP contribution in [0.15, 0.2) is 24.3 Å². The SMILES string of the molecule is N#CC(NCCCO)c1cccc(O)c1. The molecule has 1 atom stereocenters. The van der Waals surface area contributed by atoms with E-state index in [0.717, 1.165) is 5.56 Å². The van der Waals surface area contributed by atoms with Gasteiger partial charge in [-0.2, -0.15) is 5.26 Å². The summed E-state index contributed by atoms with van der Waals surface area (Å²) < 4.78 is 0. The molecule has 1 rings (SSSR count). The zero-order chi connectivity index (χ0) is 11.1. The molecule has 3 N–H and O–H groups in total. The van der Waals surface area contributed by atoms with E-state index in [9.17, 15) is 5.11 Å². The molecule has 4 nitrogen and oxygen atoms in total. The minimum Gasteiger partial charge on any atom is -0.508 e. The summed E-state index contributed by atoms with van der Waals surface area (Å²) in [6.07, 6.45) is 0.608. The Labute approximate surface area is 88.8 Å². The van der Waals surface area contributed by atoms with Crippen LogP contribution in [0.25, 0.3) is 0 Å². The third kappa shape index (κ3) is 3.58. The maximum absolute atomic E-state index is 9.25. The van der Waals surface area contributed by atoms with Crippen LogP contribution in [0.3, 0.4) is 0 Å². The lowest BCUT2D eigenvalue weighted by atomic mass is 10.1. The second-order valence-corrected chi connectivity index (χ2v) is 3.19. The summed E-state index contributed by atoms with van der Waals surface area (Å²) in [4.78, 5) is 0. The lowest BCUT2D eigenvalue weighted by molar-refractivity contribution is 0.285. The molecule has 15 heavy (non-hydrogen) atoms. The second kappa shape index (κ2) is 6.02. The van der Waals surface area contributed by atoms with Crippen molar-refractivity contribution in [3.8, 4) is 11.8 Å². The van der Waals surface area contributed by atoms with Crippen LogP contribution >= 0.6 is 0 Å². The molecular formula is C11H14N2O2. The summed E-state index contributed by atoms with van der Waals surface area (Å²) in [6.45, 7) is 0.676. The van der Waals surface area contributed by atoms with Gasteiger partial charge in [0.15, 0.2) is 0 Å². The van der Waals surface area contributed by atoms with Crippen molar-refractivity contribution in [2.45, 2.75) is 12.5 Å². The predicted molar refractivity (Wildman–Crippen MR) is 56.2 cm³/mol. The molecule has 1 aromatic rings. The van der Waals surface area contributed by atoms with Crippen molar-refractivity contribution in [2.75, 3.05) is 13.2 Å². The van der Waals surface area contributed by atoms with Crippen molar-refractivity contribution < 1.29 is 10.2 Å². The van der Waals surface area contributed by atoms with Gasteiger partial charge < -0.3 is 10.2 Å². The first-order valence-corrected chi connectivity index (χ1v) is 4.80. The van der Waals surface area contributed by atoms with Crippen molar-refractivity contribution >= 4 is 0 Å². The van der Waals surface area contributed by atoms with Crippen molar-refractivity contribution in [1.82, 2.24) is 5.32 Å². The summed E-state index contributed by atoms with van der Waals surface area (Å²) >= 11 is 0. The van der Waals surface area contributed by atoms with Crippen LogP contribution < -0.4 is 5.32 Å². The van der Waals surface area contributed by atoms with Crippen LogP contribution in [0.4, 0.5) is 0 Å². The molecule has 4 heteroatoms. The zero-order valence-electron chi connectivity index (χ0n) is 8.35. The van der Waals surface area contributed by atoms with Gasteiger partial charge >= 0.3 is 0 Å². The number of hydrogen-bond acceptors (Lipinski definition) is 4. The maximum atomic E-state index is 9.25. The maximum Gasteiger partial charge on any atom is 0.121 e. The highest BCUT2D eigenvalue weighted by atomic mass is 16.3. The molecule has 1 unspecified atom stereocenters. The van der Waals surface area contributed by atoms with Gasteiger partial charge in [-0.05, 0) is 30.7 Å². The van der Waals surface area contributed by atoms with Gasteiger partial charge in [-0.15, -0.1) is 0 Å². The van der Waals surface area contributed by atoms with E-state index < -0.39 is 6.04 Å². The van der Waals surface area contributed by atoms with Crippen LogP contribution in [0.5, 0.6) is 5.75 Å². The van der Waals surface area contributed by atoms with Gasteiger partial charge in [0.05, 0.1) is 6.07 Å². The van der Waals surface area contributed by atoms with Crippen LogP contribution in [0.2, 0.25) is 0 Å². The first kappa shape index (κ1) is 11.5. The number of nitriles is 1. The van der Waals surface area contributed by atoms with Gasteiger partial charge in [0, 0.05) is 6.61 Å². The van der Waals surface area contributed by atoms with E-state index in [1.165, 1.54) is 0 Å². The van der Waals surface area contributed by atoms with Gasteiger partial charge in [0.1, 0.15) is 11.8 Å². The summed E-state index contributed by atoms with van der Waals surface area (Å²) in [5.41, 5.74) is 0.732. The minimum absolute atomic E-state index is 0.102.